The third kappa shape index (κ3) is 5.22. The second-order valence-corrected chi connectivity index (χ2v) is 9.68. The molecule has 0 N–H and O–H groups in total. The number of hydrogen-bond donors (Lipinski definition) is 0. The monoisotopic (exact) mass is 452 g/mol. The lowest BCUT2D eigenvalue weighted by Crippen LogP contribution is -2.47. The van der Waals surface area contributed by atoms with Crippen molar-refractivity contribution in [2.45, 2.75) is 56.8 Å². The van der Waals surface area contributed by atoms with E-state index in [-0.39, 0.29) is 23.4 Å². The average Bonchev–Trinajstić information content (AvgIpc) is 3.23. The summed E-state index contributed by atoms with van der Waals surface area (Å²) >= 11 is 0. The van der Waals surface area contributed by atoms with E-state index < -0.39 is 0 Å². The van der Waals surface area contributed by atoms with Crippen LogP contribution >= 0.6 is 0 Å². The Labute approximate surface area is 195 Å². The van der Waals surface area contributed by atoms with E-state index in [1.165, 1.54) is 31.4 Å². The zero-order valence-corrected chi connectivity index (χ0v) is 19.2. The Morgan fingerprint density at radius 3 is 2.48 bits per heavy atom. The largest absolute Gasteiger partial charge is 0.488 e. The Balaban J connectivity index is 1.17. The smallest absolute Gasteiger partial charge is 0.254 e. The van der Waals surface area contributed by atoms with Crippen LogP contribution in [0.1, 0.15) is 54.4 Å². The minimum atomic E-state index is -0.268. The average molecular weight is 453 g/mol. The van der Waals surface area contributed by atoms with Crippen molar-refractivity contribution >= 4 is 5.91 Å². The van der Waals surface area contributed by atoms with Crippen molar-refractivity contribution in [3.8, 4) is 5.75 Å². The van der Waals surface area contributed by atoms with Crippen LogP contribution in [0.15, 0.2) is 48.5 Å². The molecule has 0 saturated carbocycles. The summed E-state index contributed by atoms with van der Waals surface area (Å²) in [5.74, 6) is 0.533. The van der Waals surface area contributed by atoms with E-state index in [2.05, 4.69) is 11.0 Å². The van der Waals surface area contributed by atoms with Crippen molar-refractivity contribution in [2.24, 2.45) is 0 Å². The molecule has 0 aromatic heterocycles. The highest BCUT2D eigenvalue weighted by molar-refractivity contribution is 5.95. The van der Waals surface area contributed by atoms with Gasteiger partial charge in [0.1, 0.15) is 17.7 Å². The van der Waals surface area contributed by atoms with Crippen LogP contribution in [0.5, 0.6) is 5.75 Å². The predicted octanol–water partition coefficient (Wildman–Crippen LogP) is 4.65. The highest BCUT2D eigenvalue weighted by Crippen LogP contribution is 2.38. The van der Waals surface area contributed by atoms with Gasteiger partial charge in [-0.2, -0.15) is 0 Å². The number of hydrogen-bond acceptors (Lipinski definition) is 4. The van der Waals surface area contributed by atoms with Crippen molar-refractivity contribution in [3.05, 3.63) is 65.5 Å². The highest BCUT2D eigenvalue weighted by Gasteiger charge is 2.44. The molecule has 5 rings (SSSR count). The Morgan fingerprint density at radius 2 is 1.73 bits per heavy atom. The van der Waals surface area contributed by atoms with Gasteiger partial charge in [-0.05, 0) is 74.7 Å². The van der Waals surface area contributed by atoms with Gasteiger partial charge in [-0.1, -0.05) is 24.6 Å². The molecule has 0 aliphatic carbocycles. The van der Waals surface area contributed by atoms with Crippen LogP contribution < -0.4 is 4.74 Å². The second-order valence-electron chi connectivity index (χ2n) is 9.68. The van der Waals surface area contributed by atoms with Crippen LogP contribution in [0.2, 0.25) is 0 Å². The standard InChI is InChI=1S/C27H33FN2O3/c28-22-8-10-23(11-9-22)33-24-18-27(32-20-24)12-16-30(17-13-27)26(31)25-7-3-2-6-21(25)19-29-14-4-1-5-15-29/h2-3,6-11,24H,1,4-5,12-20H2. The lowest BCUT2D eigenvalue weighted by molar-refractivity contribution is -0.0396. The van der Waals surface area contributed by atoms with Gasteiger partial charge in [0, 0.05) is 31.6 Å². The molecule has 0 radical (unpaired) electrons. The fourth-order valence-corrected chi connectivity index (χ4v) is 5.45. The predicted molar refractivity (Wildman–Crippen MR) is 125 cm³/mol. The number of benzene rings is 2. The van der Waals surface area contributed by atoms with E-state index in [4.69, 9.17) is 9.47 Å². The maximum absolute atomic E-state index is 13.4. The number of rotatable bonds is 5. The summed E-state index contributed by atoms with van der Waals surface area (Å²) in [6.07, 6.45) is 6.20. The minimum absolute atomic E-state index is 0.0389. The van der Waals surface area contributed by atoms with E-state index in [1.54, 1.807) is 12.1 Å². The summed E-state index contributed by atoms with van der Waals surface area (Å²) in [6.45, 7) is 5.01. The maximum Gasteiger partial charge on any atom is 0.254 e. The zero-order chi connectivity index (χ0) is 22.7. The second kappa shape index (κ2) is 9.82. The molecule has 1 spiro atoms. The van der Waals surface area contributed by atoms with Crippen molar-refractivity contribution in [2.75, 3.05) is 32.8 Å². The molecule has 3 heterocycles. The molecule has 0 bridgehead atoms. The highest BCUT2D eigenvalue weighted by atomic mass is 19.1. The first-order chi connectivity index (χ1) is 16.1. The maximum atomic E-state index is 13.4. The fourth-order valence-electron chi connectivity index (χ4n) is 5.45. The molecule has 3 aliphatic heterocycles. The molecular weight excluding hydrogens is 419 g/mol. The molecule has 33 heavy (non-hydrogen) atoms. The van der Waals surface area contributed by atoms with Crippen LogP contribution in [0.3, 0.4) is 0 Å². The molecule has 176 valence electrons. The van der Waals surface area contributed by atoms with Crippen molar-refractivity contribution < 1.29 is 18.7 Å². The third-order valence-electron chi connectivity index (χ3n) is 7.34. The molecule has 2 aromatic carbocycles. The van der Waals surface area contributed by atoms with Gasteiger partial charge in [0.05, 0.1) is 12.2 Å². The van der Waals surface area contributed by atoms with Crippen molar-refractivity contribution in [1.29, 1.82) is 0 Å². The molecular formula is C27H33FN2O3. The molecule has 5 nitrogen and oxygen atoms in total. The van der Waals surface area contributed by atoms with Crippen LogP contribution in [0.4, 0.5) is 4.39 Å². The number of piperidine rings is 2. The van der Waals surface area contributed by atoms with Crippen LogP contribution in [-0.2, 0) is 11.3 Å². The lowest BCUT2D eigenvalue weighted by Gasteiger charge is -2.39. The molecule has 1 amide bonds. The van der Waals surface area contributed by atoms with Crippen LogP contribution in [0.25, 0.3) is 0 Å². The molecule has 1 unspecified atom stereocenters. The van der Waals surface area contributed by atoms with Crippen LogP contribution in [-0.4, -0.2) is 60.2 Å². The first kappa shape index (κ1) is 22.4. The van der Waals surface area contributed by atoms with E-state index in [0.717, 1.165) is 50.0 Å². The van der Waals surface area contributed by atoms with Gasteiger partial charge < -0.3 is 14.4 Å². The summed E-state index contributed by atoms with van der Waals surface area (Å²) in [5.41, 5.74) is 1.74. The van der Waals surface area contributed by atoms with Gasteiger partial charge >= 0.3 is 0 Å². The first-order valence-corrected chi connectivity index (χ1v) is 12.3. The number of halogens is 1. The number of likely N-dealkylation sites (tertiary alicyclic amines) is 2. The number of ether oxygens (including phenoxy) is 2. The van der Waals surface area contributed by atoms with E-state index >= 15 is 0 Å². The van der Waals surface area contributed by atoms with E-state index in [0.29, 0.717) is 25.4 Å². The molecule has 3 fully saturated rings. The Kier molecular flexibility index (Phi) is 6.65. The first-order valence-electron chi connectivity index (χ1n) is 12.3. The fraction of sp³-hybridized carbons (Fsp3) is 0.519. The summed E-state index contributed by atoms with van der Waals surface area (Å²) in [5, 5.41) is 0. The van der Waals surface area contributed by atoms with Crippen molar-refractivity contribution in [1.82, 2.24) is 9.80 Å². The molecule has 3 saturated heterocycles. The summed E-state index contributed by atoms with van der Waals surface area (Å²) in [7, 11) is 0. The van der Waals surface area contributed by atoms with Gasteiger partial charge in [0.25, 0.3) is 5.91 Å². The number of carbonyl (C=O) groups excluding carboxylic acids is 1. The zero-order valence-electron chi connectivity index (χ0n) is 19.2. The SMILES string of the molecule is O=C(c1ccccc1CN1CCCCC1)N1CCC2(CC1)CC(Oc1ccc(F)cc1)CO2. The van der Waals surface area contributed by atoms with E-state index in [1.807, 2.05) is 23.1 Å². The number of amides is 1. The Bertz CT molecular complexity index is 950. The van der Waals surface area contributed by atoms with Gasteiger partial charge in [-0.3, -0.25) is 9.69 Å². The molecule has 3 aliphatic rings. The lowest BCUT2D eigenvalue weighted by atomic mass is 9.87. The van der Waals surface area contributed by atoms with Gasteiger partial charge in [0.15, 0.2) is 0 Å². The Morgan fingerprint density at radius 1 is 1.00 bits per heavy atom. The van der Waals surface area contributed by atoms with Gasteiger partial charge in [0.2, 0.25) is 0 Å². The van der Waals surface area contributed by atoms with Crippen LogP contribution in [0, 0.1) is 5.82 Å². The van der Waals surface area contributed by atoms with E-state index in [9.17, 15) is 9.18 Å². The molecule has 6 heteroatoms. The quantitative estimate of drug-likeness (QED) is 0.662. The van der Waals surface area contributed by atoms with Crippen molar-refractivity contribution in [3.63, 3.8) is 0 Å². The minimum Gasteiger partial charge on any atom is -0.488 e. The van der Waals surface area contributed by atoms with Gasteiger partial charge in [-0.15, -0.1) is 0 Å². The number of nitrogens with zero attached hydrogens (tertiary/aromatic N) is 2. The Hall–Kier alpha value is -2.44. The third-order valence-corrected chi connectivity index (χ3v) is 7.34. The summed E-state index contributed by atoms with van der Waals surface area (Å²) in [4.78, 5) is 17.9. The summed E-state index contributed by atoms with van der Waals surface area (Å²) in [6, 6.07) is 14.2. The number of carbonyl (C=O) groups is 1. The van der Waals surface area contributed by atoms with Gasteiger partial charge in [-0.25, -0.2) is 4.39 Å². The molecule has 1 atom stereocenters. The summed E-state index contributed by atoms with van der Waals surface area (Å²) < 4.78 is 25.4. The normalized spacial score (nSPS) is 23.1. The molecule has 2 aromatic rings. The topological polar surface area (TPSA) is 42.0 Å².